The summed E-state index contributed by atoms with van der Waals surface area (Å²) in [6, 6.07) is 10.3. The van der Waals surface area contributed by atoms with Crippen molar-refractivity contribution in [2.45, 2.75) is 25.4 Å². The maximum atomic E-state index is 12.9. The number of para-hydroxylation sites is 1. The lowest BCUT2D eigenvalue weighted by atomic mass is 10.0. The minimum atomic E-state index is -0.373. The molecule has 3 heterocycles. The van der Waals surface area contributed by atoms with E-state index < -0.39 is 0 Å². The van der Waals surface area contributed by atoms with Gasteiger partial charge in [-0.3, -0.25) is 19.1 Å². The third kappa shape index (κ3) is 3.67. The molecule has 0 bridgehead atoms. The predicted octanol–water partition coefficient (Wildman–Crippen LogP) is 3.34. The van der Waals surface area contributed by atoms with Gasteiger partial charge in [-0.15, -0.1) is 0 Å². The molecule has 1 unspecified atom stereocenters. The van der Waals surface area contributed by atoms with Crippen molar-refractivity contribution in [3.63, 3.8) is 0 Å². The number of hydrogen-bond acceptors (Lipinski definition) is 5. The van der Waals surface area contributed by atoms with Crippen LogP contribution in [0.15, 0.2) is 58.1 Å². The second kappa shape index (κ2) is 8.16. The van der Waals surface area contributed by atoms with Gasteiger partial charge in [-0.1, -0.05) is 12.1 Å². The SMILES string of the molecule is COc1ccccc1C(=O)NC1CCCn2c1nc(-c1ccncc1)c(Br)c2=O. The molecule has 0 saturated carbocycles. The molecular weight excluding hydrogens is 436 g/mol. The highest BCUT2D eigenvalue weighted by Gasteiger charge is 2.28. The van der Waals surface area contributed by atoms with E-state index in [1.165, 1.54) is 7.11 Å². The largest absolute Gasteiger partial charge is 0.496 e. The zero-order chi connectivity index (χ0) is 20.4. The molecule has 7 nitrogen and oxygen atoms in total. The Morgan fingerprint density at radius 2 is 2.00 bits per heavy atom. The van der Waals surface area contributed by atoms with E-state index in [1.807, 2.05) is 6.07 Å². The Balaban J connectivity index is 1.73. The average molecular weight is 455 g/mol. The van der Waals surface area contributed by atoms with E-state index in [1.54, 1.807) is 47.3 Å². The Bertz CT molecular complexity index is 1110. The molecule has 4 rings (SSSR count). The summed E-state index contributed by atoms with van der Waals surface area (Å²) in [4.78, 5) is 34.6. The Labute approximate surface area is 175 Å². The highest BCUT2D eigenvalue weighted by molar-refractivity contribution is 9.10. The summed E-state index contributed by atoms with van der Waals surface area (Å²) >= 11 is 3.40. The summed E-state index contributed by atoms with van der Waals surface area (Å²) in [5.74, 6) is 0.794. The monoisotopic (exact) mass is 454 g/mol. The predicted molar refractivity (Wildman–Crippen MR) is 112 cm³/mol. The van der Waals surface area contributed by atoms with Crippen LogP contribution in [0.5, 0.6) is 5.75 Å². The molecule has 2 aromatic heterocycles. The number of methoxy groups -OCH3 is 1. The molecule has 1 aromatic carbocycles. The second-order valence-corrected chi connectivity index (χ2v) is 7.49. The van der Waals surface area contributed by atoms with E-state index in [2.05, 4.69) is 26.2 Å². The van der Waals surface area contributed by atoms with Crippen molar-refractivity contribution < 1.29 is 9.53 Å². The number of carbonyl (C=O) groups is 1. The van der Waals surface area contributed by atoms with Crippen molar-refractivity contribution in [1.29, 1.82) is 0 Å². The first-order valence-corrected chi connectivity index (χ1v) is 10.0. The molecule has 8 heteroatoms. The maximum absolute atomic E-state index is 12.9. The van der Waals surface area contributed by atoms with Crippen molar-refractivity contribution in [2.24, 2.45) is 0 Å². The summed E-state index contributed by atoms with van der Waals surface area (Å²) < 4.78 is 7.33. The van der Waals surface area contributed by atoms with Crippen LogP contribution in [-0.2, 0) is 6.54 Å². The number of halogens is 1. The minimum absolute atomic E-state index is 0.155. The summed E-state index contributed by atoms with van der Waals surface area (Å²) in [5.41, 5.74) is 1.62. The van der Waals surface area contributed by atoms with Crippen molar-refractivity contribution in [2.75, 3.05) is 7.11 Å². The third-order valence-electron chi connectivity index (χ3n) is 4.94. The molecule has 148 valence electrons. The van der Waals surface area contributed by atoms with Crippen molar-refractivity contribution in [1.82, 2.24) is 19.9 Å². The topological polar surface area (TPSA) is 86.1 Å². The van der Waals surface area contributed by atoms with Crippen molar-refractivity contribution >= 4 is 21.8 Å². The molecule has 0 saturated heterocycles. The van der Waals surface area contributed by atoms with Gasteiger partial charge < -0.3 is 10.1 Å². The van der Waals surface area contributed by atoms with Crippen LogP contribution in [0.1, 0.15) is 35.1 Å². The van der Waals surface area contributed by atoms with Gasteiger partial charge in [0, 0.05) is 24.5 Å². The number of pyridine rings is 1. The lowest BCUT2D eigenvalue weighted by Gasteiger charge is -2.27. The third-order valence-corrected chi connectivity index (χ3v) is 5.66. The second-order valence-electron chi connectivity index (χ2n) is 6.69. The molecule has 3 aromatic rings. The van der Waals surface area contributed by atoms with Gasteiger partial charge in [-0.25, -0.2) is 4.98 Å². The number of aromatic nitrogens is 3. The number of ether oxygens (including phenoxy) is 1. The fourth-order valence-corrected chi connectivity index (χ4v) is 4.05. The van der Waals surface area contributed by atoms with Gasteiger partial charge in [-0.05, 0) is 53.0 Å². The van der Waals surface area contributed by atoms with E-state index >= 15 is 0 Å². The van der Waals surface area contributed by atoms with Crippen LogP contribution in [0.4, 0.5) is 0 Å². The van der Waals surface area contributed by atoms with E-state index in [0.717, 1.165) is 12.0 Å². The van der Waals surface area contributed by atoms with Crippen LogP contribution in [0.2, 0.25) is 0 Å². The molecule has 0 aliphatic carbocycles. The Morgan fingerprint density at radius 1 is 1.24 bits per heavy atom. The molecule has 0 radical (unpaired) electrons. The zero-order valence-corrected chi connectivity index (χ0v) is 17.3. The zero-order valence-electron chi connectivity index (χ0n) is 15.8. The maximum Gasteiger partial charge on any atom is 0.268 e. The van der Waals surface area contributed by atoms with Gasteiger partial charge in [0.1, 0.15) is 16.0 Å². The van der Waals surface area contributed by atoms with Gasteiger partial charge in [0.2, 0.25) is 0 Å². The molecular formula is C21H19BrN4O3. The van der Waals surface area contributed by atoms with Crippen LogP contribution in [0, 0.1) is 0 Å². The fourth-order valence-electron chi connectivity index (χ4n) is 3.52. The number of fused-ring (bicyclic) bond motifs is 1. The number of nitrogens with one attached hydrogen (secondary N) is 1. The van der Waals surface area contributed by atoms with Gasteiger partial charge in [0.15, 0.2) is 0 Å². The van der Waals surface area contributed by atoms with Crippen LogP contribution < -0.4 is 15.6 Å². The molecule has 1 amide bonds. The van der Waals surface area contributed by atoms with E-state index in [0.29, 0.717) is 40.3 Å². The summed E-state index contributed by atoms with van der Waals surface area (Å²) in [7, 11) is 1.53. The number of nitrogens with zero attached hydrogens (tertiary/aromatic N) is 3. The highest BCUT2D eigenvalue weighted by Crippen LogP contribution is 2.29. The number of benzene rings is 1. The molecule has 1 aliphatic heterocycles. The number of amides is 1. The van der Waals surface area contributed by atoms with Gasteiger partial charge in [0.25, 0.3) is 11.5 Å². The highest BCUT2D eigenvalue weighted by atomic mass is 79.9. The molecule has 1 aliphatic rings. The number of carbonyl (C=O) groups excluding carboxylic acids is 1. The van der Waals surface area contributed by atoms with Crippen molar-refractivity contribution in [3.05, 3.63) is 75.0 Å². The van der Waals surface area contributed by atoms with E-state index in [4.69, 9.17) is 9.72 Å². The Kier molecular flexibility index (Phi) is 5.44. The van der Waals surface area contributed by atoms with Crippen LogP contribution in [0.3, 0.4) is 0 Å². The van der Waals surface area contributed by atoms with Gasteiger partial charge in [0.05, 0.1) is 24.4 Å². The van der Waals surface area contributed by atoms with Gasteiger partial charge in [-0.2, -0.15) is 0 Å². The van der Waals surface area contributed by atoms with E-state index in [-0.39, 0.29) is 17.5 Å². The lowest BCUT2D eigenvalue weighted by molar-refractivity contribution is 0.0924. The van der Waals surface area contributed by atoms with Crippen LogP contribution in [0.25, 0.3) is 11.3 Å². The number of hydrogen-bond donors (Lipinski definition) is 1. The molecule has 29 heavy (non-hydrogen) atoms. The first-order valence-electron chi connectivity index (χ1n) is 9.24. The van der Waals surface area contributed by atoms with Crippen LogP contribution in [-0.4, -0.2) is 27.6 Å². The summed E-state index contributed by atoms with van der Waals surface area (Å²) in [6.07, 6.45) is 4.78. The first kappa shape index (κ1) is 19.3. The number of rotatable bonds is 4. The van der Waals surface area contributed by atoms with E-state index in [9.17, 15) is 9.59 Å². The lowest BCUT2D eigenvalue weighted by Crippen LogP contribution is -2.38. The Morgan fingerprint density at radius 3 is 2.76 bits per heavy atom. The normalized spacial score (nSPS) is 15.4. The van der Waals surface area contributed by atoms with Crippen molar-refractivity contribution in [3.8, 4) is 17.0 Å². The van der Waals surface area contributed by atoms with Gasteiger partial charge >= 0.3 is 0 Å². The molecule has 0 spiro atoms. The minimum Gasteiger partial charge on any atom is -0.496 e. The van der Waals surface area contributed by atoms with Crippen LogP contribution >= 0.6 is 15.9 Å². The Hall–Kier alpha value is -3.00. The molecule has 1 N–H and O–H groups in total. The smallest absolute Gasteiger partial charge is 0.268 e. The quantitative estimate of drug-likeness (QED) is 0.653. The first-order chi connectivity index (χ1) is 14.1. The summed E-state index contributed by atoms with van der Waals surface area (Å²) in [5, 5.41) is 3.02. The molecule has 1 atom stereocenters. The fraction of sp³-hybridized carbons (Fsp3) is 0.238. The summed E-state index contributed by atoms with van der Waals surface area (Å²) in [6.45, 7) is 0.567. The average Bonchev–Trinajstić information content (AvgIpc) is 2.77. The standard InChI is InChI=1S/C21H19BrN4O3/c1-29-16-7-3-2-5-14(16)20(27)24-15-6-4-12-26-19(15)25-18(17(22)21(26)28)13-8-10-23-11-9-13/h2-3,5,7-11,15H,4,6,12H2,1H3,(H,24,27). The molecule has 0 fully saturated rings.